The number of rotatable bonds is 5. The van der Waals surface area contributed by atoms with Crippen LogP contribution in [-0.2, 0) is 21.4 Å². The van der Waals surface area contributed by atoms with E-state index in [1.54, 1.807) is 26.8 Å². The van der Waals surface area contributed by atoms with Gasteiger partial charge in [-0.1, -0.05) is 0 Å². The van der Waals surface area contributed by atoms with Crippen LogP contribution in [0.1, 0.15) is 54.4 Å². The van der Waals surface area contributed by atoms with Gasteiger partial charge in [0.05, 0.1) is 6.42 Å². The Morgan fingerprint density at radius 1 is 1.06 bits per heavy atom. The highest BCUT2D eigenvalue weighted by atomic mass is 32.2. The zero-order valence-corrected chi connectivity index (χ0v) is 19.2. The Morgan fingerprint density at radius 2 is 1.72 bits per heavy atom. The van der Waals surface area contributed by atoms with Gasteiger partial charge in [0, 0.05) is 48.5 Å². The van der Waals surface area contributed by atoms with Crippen molar-refractivity contribution in [3.05, 3.63) is 29.3 Å². The number of benzene rings is 1. The van der Waals surface area contributed by atoms with Crippen LogP contribution in [0, 0.1) is 0 Å². The van der Waals surface area contributed by atoms with Crippen LogP contribution >= 0.6 is 0 Å². The normalized spacial score (nSPS) is 29.5. The van der Waals surface area contributed by atoms with Crippen molar-refractivity contribution in [3.8, 4) is 0 Å². The lowest BCUT2D eigenvalue weighted by Crippen LogP contribution is -2.58. The minimum absolute atomic E-state index is 0.0106. The molecule has 174 valence electrons. The summed E-state index contributed by atoms with van der Waals surface area (Å²) in [6.07, 6.45) is 4.87. The van der Waals surface area contributed by atoms with Gasteiger partial charge >= 0.3 is 0 Å². The van der Waals surface area contributed by atoms with Crippen molar-refractivity contribution in [2.45, 2.75) is 69.1 Å². The number of anilines is 1. The topological polar surface area (TPSA) is 116 Å². The fraction of sp³-hybridized carbons (Fsp3) is 0.636. The zero-order valence-electron chi connectivity index (χ0n) is 18.4. The molecule has 4 heterocycles. The summed E-state index contributed by atoms with van der Waals surface area (Å²) in [5.41, 5.74) is 7.44. The molecule has 0 saturated carbocycles. The number of nitrogens with zero attached hydrogens (tertiary/aromatic N) is 3. The Labute approximate surface area is 189 Å². The van der Waals surface area contributed by atoms with Gasteiger partial charge in [-0.25, -0.2) is 0 Å². The zero-order chi connectivity index (χ0) is 22.6. The van der Waals surface area contributed by atoms with Crippen LogP contribution in [0.2, 0.25) is 0 Å². The SMILES string of the molecule is CNC1CCN(S(=O)(=O)N2C3CCC2CC(N2C(=O)Cc4cc(C(N)=O)ccc42)C3)CC1. The van der Waals surface area contributed by atoms with E-state index in [2.05, 4.69) is 5.32 Å². The number of fused-ring (bicyclic) bond motifs is 3. The molecular weight excluding hydrogens is 430 g/mol. The molecule has 0 aromatic heterocycles. The van der Waals surface area contributed by atoms with E-state index >= 15 is 0 Å². The van der Waals surface area contributed by atoms with E-state index in [0.29, 0.717) is 37.5 Å². The molecule has 0 spiro atoms. The number of hydrogen-bond acceptors (Lipinski definition) is 5. The average Bonchev–Trinajstić information content (AvgIpc) is 3.26. The van der Waals surface area contributed by atoms with Gasteiger partial charge in [-0.15, -0.1) is 0 Å². The van der Waals surface area contributed by atoms with Gasteiger partial charge in [0.15, 0.2) is 0 Å². The summed E-state index contributed by atoms with van der Waals surface area (Å²) in [5, 5.41) is 3.25. The quantitative estimate of drug-likeness (QED) is 0.666. The highest BCUT2D eigenvalue weighted by molar-refractivity contribution is 7.86. The maximum absolute atomic E-state index is 13.5. The molecule has 0 aliphatic carbocycles. The van der Waals surface area contributed by atoms with E-state index in [9.17, 15) is 18.0 Å². The molecule has 1 aromatic rings. The molecule has 2 unspecified atom stereocenters. The summed E-state index contributed by atoms with van der Waals surface area (Å²) >= 11 is 0. The Morgan fingerprint density at radius 3 is 2.31 bits per heavy atom. The smallest absolute Gasteiger partial charge is 0.282 e. The molecule has 5 rings (SSSR count). The minimum Gasteiger partial charge on any atom is -0.366 e. The maximum atomic E-state index is 13.5. The van der Waals surface area contributed by atoms with Gasteiger partial charge < -0.3 is 16.0 Å². The van der Waals surface area contributed by atoms with Gasteiger partial charge in [-0.3, -0.25) is 9.59 Å². The van der Waals surface area contributed by atoms with Crippen LogP contribution in [0.25, 0.3) is 0 Å². The van der Waals surface area contributed by atoms with Crippen molar-refractivity contribution >= 4 is 27.7 Å². The second-order valence-electron chi connectivity index (χ2n) is 9.46. The summed E-state index contributed by atoms with van der Waals surface area (Å²) in [6.45, 7) is 1.10. The van der Waals surface area contributed by atoms with E-state index in [4.69, 9.17) is 5.73 Å². The molecule has 0 radical (unpaired) electrons. The second kappa shape index (κ2) is 8.09. The summed E-state index contributed by atoms with van der Waals surface area (Å²) in [4.78, 5) is 26.2. The lowest BCUT2D eigenvalue weighted by atomic mass is 9.98. The standard InChI is InChI=1S/C22H31N5O4S/c1-24-16-6-8-25(9-7-16)32(30,31)27-17-3-4-18(27)13-19(12-17)26-20-5-2-14(22(23)29)10-15(20)11-21(26)28/h2,5,10,16-19,24H,3-4,6-9,11-13H2,1H3,(H2,23,29). The average molecular weight is 462 g/mol. The molecule has 3 fully saturated rings. The molecule has 32 heavy (non-hydrogen) atoms. The van der Waals surface area contributed by atoms with Crippen molar-refractivity contribution < 1.29 is 18.0 Å². The van der Waals surface area contributed by atoms with E-state index in [-0.39, 0.29) is 30.5 Å². The number of hydrogen-bond donors (Lipinski definition) is 2. The largest absolute Gasteiger partial charge is 0.366 e. The van der Waals surface area contributed by atoms with Gasteiger partial charge in [0.1, 0.15) is 0 Å². The summed E-state index contributed by atoms with van der Waals surface area (Å²) in [6, 6.07) is 5.37. The van der Waals surface area contributed by atoms with E-state index in [1.165, 1.54) is 0 Å². The fourth-order valence-electron chi connectivity index (χ4n) is 6.10. The van der Waals surface area contributed by atoms with E-state index < -0.39 is 16.1 Å². The first kappa shape index (κ1) is 21.8. The van der Waals surface area contributed by atoms with Crippen molar-refractivity contribution in [1.82, 2.24) is 13.9 Å². The molecule has 3 N–H and O–H groups in total. The highest BCUT2D eigenvalue weighted by Gasteiger charge is 2.51. The van der Waals surface area contributed by atoms with Crippen molar-refractivity contribution in [1.29, 1.82) is 0 Å². The van der Waals surface area contributed by atoms with Crippen LogP contribution in [0.4, 0.5) is 5.69 Å². The molecular formula is C22H31N5O4S. The van der Waals surface area contributed by atoms with Crippen molar-refractivity contribution in [3.63, 3.8) is 0 Å². The Hall–Kier alpha value is -2.01. The Balaban J connectivity index is 1.34. The van der Waals surface area contributed by atoms with Crippen molar-refractivity contribution in [2.24, 2.45) is 5.73 Å². The molecule has 1 aromatic carbocycles. The van der Waals surface area contributed by atoms with Crippen LogP contribution in [0.15, 0.2) is 18.2 Å². The van der Waals surface area contributed by atoms with Crippen LogP contribution in [-0.4, -0.2) is 73.1 Å². The number of nitrogens with two attached hydrogens (primary N) is 1. The van der Waals surface area contributed by atoms with Gasteiger partial charge in [-0.05, 0) is 69.3 Å². The molecule has 9 nitrogen and oxygen atoms in total. The first-order chi connectivity index (χ1) is 15.3. The first-order valence-corrected chi connectivity index (χ1v) is 12.9. The van der Waals surface area contributed by atoms with Gasteiger partial charge in [0.25, 0.3) is 10.2 Å². The number of piperidine rings is 2. The second-order valence-corrected chi connectivity index (χ2v) is 11.3. The number of carbonyl (C=O) groups is 2. The first-order valence-electron chi connectivity index (χ1n) is 11.5. The predicted octanol–water partition coefficient (Wildman–Crippen LogP) is 0.599. The summed E-state index contributed by atoms with van der Waals surface area (Å²) in [7, 11) is -1.58. The molecule has 3 saturated heterocycles. The molecule has 4 aliphatic heterocycles. The molecule has 10 heteroatoms. The van der Waals surface area contributed by atoms with E-state index in [0.717, 1.165) is 36.9 Å². The fourth-order valence-corrected chi connectivity index (χ4v) is 8.17. The third-order valence-corrected chi connectivity index (χ3v) is 9.84. The highest BCUT2D eigenvalue weighted by Crippen LogP contribution is 2.43. The van der Waals surface area contributed by atoms with Gasteiger partial charge in [0.2, 0.25) is 11.8 Å². The third kappa shape index (κ3) is 3.53. The number of amides is 2. The molecule has 4 aliphatic rings. The molecule has 2 bridgehead atoms. The number of primary amides is 1. The number of nitrogens with one attached hydrogen (secondary N) is 1. The van der Waals surface area contributed by atoms with Crippen LogP contribution in [0.3, 0.4) is 0 Å². The Kier molecular flexibility index (Phi) is 5.51. The predicted molar refractivity (Wildman–Crippen MR) is 120 cm³/mol. The van der Waals surface area contributed by atoms with Gasteiger partial charge in [-0.2, -0.15) is 17.0 Å². The monoisotopic (exact) mass is 461 g/mol. The van der Waals surface area contributed by atoms with E-state index in [1.807, 2.05) is 11.9 Å². The number of carbonyl (C=O) groups excluding carboxylic acids is 2. The van der Waals surface area contributed by atoms with Crippen molar-refractivity contribution in [2.75, 3.05) is 25.0 Å². The molecule has 2 amide bonds. The summed E-state index contributed by atoms with van der Waals surface area (Å²) in [5.74, 6) is -0.495. The minimum atomic E-state index is -3.50. The summed E-state index contributed by atoms with van der Waals surface area (Å²) < 4.78 is 30.4. The maximum Gasteiger partial charge on any atom is 0.282 e. The lowest BCUT2D eigenvalue weighted by Gasteiger charge is -2.44. The molecule has 2 atom stereocenters. The Bertz CT molecular complexity index is 1020. The van der Waals surface area contributed by atoms with Crippen LogP contribution in [0.5, 0.6) is 0 Å². The lowest BCUT2D eigenvalue weighted by molar-refractivity contribution is -0.118. The van der Waals surface area contributed by atoms with Crippen LogP contribution < -0.4 is 16.0 Å². The third-order valence-electron chi connectivity index (χ3n) is 7.70.